The number of hydrogen-bond donors (Lipinski definition) is 0. The lowest BCUT2D eigenvalue weighted by atomic mass is 10.1. The average Bonchev–Trinajstić information content (AvgIpc) is 2.99. The third-order valence-corrected chi connectivity index (χ3v) is 4.24. The maximum Gasteiger partial charge on any atom is 0.0933 e. The Balaban J connectivity index is 1.88. The van der Waals surface area contributed by atoms with Gasteiger partial charge in [-0.25, -0.2) is 4.52 Å². The Bertz CT molecular complexity index is 989. The lowest BCUT2D eigenvalue weighted by molar-refractivity contribution is 0.904. The Morgan fingerprint density at radius 2 is 1.82 bits per heavy atom. The van der Waals surface area contributed by atoms with Crippen molar-refractivity contribution in [2.75, 3.05) is 0 Å². The Hall–Kier alpha value is -2.61. The Kier molecular flexibility index (Phi) is 2.97. The number of pyridine rings is 1. The fourth-order valence-electron chi connectivity index (χ4n) is 2.99. The van der Waals surface area contributed by atoms with Crippen LogP contribution >= 0.6 is 0 Å². The SMILES string of the molecule is C=C(C)c1ccc(-c2cc3ccc4c(n3n2)=CCCC=4)cc1. The average molecular weight is 286 g/mol. The summed E-state index contributed by atoms with van der Waals surface area (Å²) in [5.41, 5.74) is 5.56. The van der Waals surface area contributed by atoms with Crippen LogP contribution in [0.4, 0.5) is 0 Å². The largest absolute Gasteiger partial charge is 0.233 e. The molecule has 2 heterocycles. The molecule has 2 heteroatoms. The van der Waals surface area contributed by atoms with Gasteiger partial charge in [-0.05, 0) is 42.7 Å². The summed E-state index contributed by atoms with van der Waals surface area (Å²) in [5.74, 6) is 0. The van der Waals surface area contributed by atoms with Crippen molar-refractivity contribution in [3.8, 4) is 11.3 Å². The number of fused-ring (bicyclic) bond motifs is 3. The first-order chi connectivity index (χ1) is 10.7. The van der Waals surface area contributed by atoms with Crippen molar-refractivity contribution in [2.24, 2.45) is 0 Å². The van der Waals surface area contributed by atoms with E-state index in [1.807, 2.05) is 6.92 Å². The highest BCUT2D eigenvalue weighted by atomic mass is 15.2. The maximum atomic E-state index is 4.81. The van der Waals surface area contributed by atoms with Gasteiger partial charge in [0.2, 0.25) is 0 Å². The van der Waals surface area contributed by atoms with Crippen LogP contribution in [-0.4, -0.2) is 9.61 Å². The number of hydrogen-bond acceptors (Lipinski definition) is 1. The fourth-order valence-corrected chi connectivity index (χ4v) is 2.99. The van der Waals surface area contributed by atoms with E-state index in [1.54, 1.807) is 0 Å². The zero-order valence-electron chi connectivity index (χ0n) is 12.7. The third kappa shape index (κ3) is 2.08. The lowest BCUT2D eigenvalue weighted by Crippen LogP contribution is -2.33. The topological polar surface area (TPSA) is 17.3 Å². The molecule has 1 aliphatic rings. The van der Waals surface area contributed by atoms with Crippen molar-refractivity contribution in [1.29, 1.82) is 0 Å². The molecule has 0 N–H and O–H groups in total. The van der Waals surface area contributed by atoms with Crippen molar-refractivity contribution in [3.05, 3.63) is 65.2 Å². The van der Waals surface area contributed by atoms with Crippen molar-refractivity contribution >= 4 is 23.2 Å². The number of aromatic nitrogens is 2. The standard InChI is InChI=1S/C20H18N2/c1-14(2)15-7-9-16(10-8-15)19-13-18-12-11-17-5-3-4-6-20(17)22(18)21-19/h5-13H,1,3-4H2,2H3. The molecule has 0 radical (unpaired) electrons. The molecule has 0 saturated heterocycles. The van der Waals surface area contributed by atoms with E-state index < -0.39 is 0 Å². The molecular formula is C20H18N2. The van der Waals surface area contributed by atoms with Gasteiger partial charge in [-0.1, -0.05) is 54.6 Å². The van der Waals surface area contributed by atoms with Gasteiger partial charge < -0.3 is 0 Å². The first kappa shape index (κ1) is 13.1. The lowest BCUT2D eigenvalue weighted by Gasteiger charge is -2.02. The predicted molar refractivity (Wildman–Crippen MR) is 92.8 cm³/mol. The summed E-state index contributed by atoms with van der Waals surface area (Å²) in [5, 5.41) is 7.31. The van der Waals surface area contributed by atoms with Crippen LogP contribution in [0.5, 0.6) is 0 Å². The van der Waals surface area contributed by atoms with Crippen LogP contribution in [0.15, 0.2) is 49.0 Å². The zero-order chi connectivity index (χ0) is 15.1. The second kappa shape index (κ2) is 4.99. The molecule has 0 spiro atoms. The van der Waals surface area contributed by atoms with E-state index in [4.69, 9.17) is 5.10 Å². The Morgan fingerprint density at radius 3 is 2.59 bits per heavy atom. The molecule has 3 aromatic rings. The molecule has 0 atom stereocenters. The summed E-state index contributed by atoms with van der Waals surface area (Å²) in [6.45, 7) is 6.01. The smallest absolute Gasteiger partial charge is 0.0933 e. The molecule has 0 unspecified atom stereocenters. The highest BCUT2D eigenvalue weighted by Gasteiger charge is 2.07. The van der Waals surface area contributed by atoms with E-state index >= 15 is 0 Å². The first-order valence-electron chi connectivity index (χ1n) is 7.68. The van der Waals surface area contributed by atoms with Crippen molar-refractivity contribution in [3.63, 3.8) is 0 Å². The summed E-state index contributed by atoms with van der Waals surface area (Å²) in [6.07, 6.45) is 6.78. The summed E-state index contributed by atoms with van der Waals surface area (Å²) < 4.78 is 2.06. The molecule has 0 aliphatic heterocycles. The fraction of sp³-hybridized carbons (Fsp3) is 0.150. The molecule has 4 rings (SSSR count). The second-order valence-corrected chi connectivity index (χ2v) is 5.88. The minimum Gasteiger partial charge on any atom is -0.233 e. The van der Waals surface area contributed by atoms with Crippen molar-refractivity contribution < 1.29 is 0 Å². The molecule has 2 nitrogen and oxygen atoms in total. The number of benzene rings is 1. The summed E-state index contributed by atoms with van der Waals surface area (Å²) in [4.78, 5) is 0. The van der Waals surface area contributed by atoms with Crippen LogP contribution in [0.25, 0.3) is 34.5 Å². The quantitative estimate of drug-likeness (QED) is 0.706. The second-order valence-electron chi connectivity index (χ2n) is 5.88. The van der Waals surface area contributed by atoms with Crippen molar-refractivity contribution in [1.82, 2.24) is 9.61 Å². The first-order valence-corrected chi connectivity index (χ1v) is 7.68. The van der Waals surface area contributed by atoms with Gasteiger partial charge in [0.05, 0.1) is 16.6 Å². The van der Waals surface area contributed by atoms with Crippen LogP contribution in [0.3, 0.4) is 0 Å². The van der Waals surface area contributed by atoms with Crippen LogP contribution in [0, 0.1) is 0 Å². The van der Waals surface area contributed by atoms with Gasteiger partial charge in [-0.3, -0.25) is 0 Å². The summed E-state index contributed by atoms with van der Waals surface area (Å²) in [6, 6.07) is 14.9. The maximum absolute atomic E-state index is 4.81. The van der Waals surface area contributed by atoms with Gasteiger partial charge >= 0.3 is 0 Å². The van der Waals surface area contributed by atoms with Gasteiger partial charge in [-0.2, -0.15) is 5.10 Å². The molecule has 22 heavy (non-hydrogen) atoms. The predicted octanol–water partition coefficient (Wildman–Crippen LogP) is 3.39. The zero-order valence-corrected chi connectivity index (χ0v) is 12.7. The third-order valence-electron chi connectivity index (χ3n) is 4.24. The molecule has 0 saturated carbocycles. The minimum absolute atomic E-state index is 1.01. The van der Waals surface area contributed by atoms with Gasteiger partial charge in [-0.15, -0.1) is 0 Å². The van der Waals surface area contributed by atoms with Crippen LogP contribution in [-0.2, 0) is 0 Å². The van der Waals surface area contributed by atoms with Crippen molar-refractivity contribution in [2.45, 2.75) is 19.8 Å². The minimum atomic E-state index is 1.01. The van der Waals surface area contributed by atoms with E-state index in [0.29, 0.717) is 0 Å². The van der Waals surface area contributed by atoms with E-state index in [9.17, 15) is 0 Å². The van der Waals surface area contributed by atoms with Gasteiger partial charge in [0.25, 0.3) is 0 Å². The van der Waals surface area contributed by atoms with Crippen LogP contribution < -0.4 is 10.6 Å². The molecule has 0 fully saturated rings. The van der Waals surface area contributed by atoms with Gasteiger partial charge in [0.1, 0.15) is 0 Å². The van der Waals surface area contributed by atoms with E-state index in [2.05, 4.69) is 65.7 Å². The highest BCUT2D eigenvalue weighted by Crippen LogP contribution is 2.21. The number of allylic oxidation sites excluding steroid dienone is 1. The number of nitrogens with zero attached hydrogens (tertiary/aromatic N) is 2. The van der Waals surface area contributed by atoms with Crippen LogP contribution in [0.2, 0.25) is 0 Å². The normalized spacial score (nSPS) is 13.3. The summed E-state index contributed by atoms with van der Waals surface area (Å²) in [7, 11) is 0. The molecule has 2 aromatic heterocycles. The van der Waals surface area contributed by atoms with E-state index in [1.165, 1.54) is 16.1 Å². The molecular weight excluding hydrogens is 268 g/mol. The summed E-state index contributed by atoms with van der Waals surface area (Å²) >= 11 is 0. The molecule has 0 amide bonds. The number of rotatable bonds is 2. The van der Waals surface area contributed by atoms with Gasteiger partial charge in [0.15, 0.2) is 0 Å². The van der Waals surface area contributed by atoms with Crippen LogP contribution in [0.1, 0.15) is 25.3 Å². The molecule has 1 aliphatic carbocycles. The monoisotopic (exact) mass is 286 g/mol. The molecule has 108 valence electrons. The Labute approximate surface area is 129 Å². The van der Waals surface area contributed by atoms with Gasteiger partial charge in [0, 0.05) is 5.56 Å². The van der Waals surface area contributed by atoms with E-state index in [-0.39, 0.29) is 0 Å². The van der Waals surface area contributed by atoms with E-state index in [0.717, 1.165) is 35.2 Å². The Morgan fingerprint density at radius 1 is 1.05 bits per heavy atom. The molecule has 0 bridgehead atoms. The molecule has 1 aromatic carbocycles. The highest BCUT2D eigenvalue weighted by molar-refractivity contribution is 5.69.